The predicted octanol–water partition coefficient (Wildman–Crippen LogP) is 3.19. The van der Waals surface area contributed by atoms with E-state index < -0.39 is 0 Å². The number of nitrogens with zero attached hydrogens (tertiary/aromatic N) is 3. The number of aliphatic imine (C=N–C) groups is 1. The lowest BCUT2D eigenvalue weighted by atomic mass is 9.88. The van der Waals surface area contributed by atoms with Crippen LogP contribution < -0.4 is 10.6 Å². The van der Waals surface area contributed by atoms with Crippen molar-refractivity contribution in [2.75, 3.05) is 47.8 Å². The number of nitrogens with one attached hydrogen (secondary N) is 2. The summed E-state index contributed by atoms with van der Waals surface area (Å²) >= 11 is 1.86. The van der Waals surface area contributed by atoms with E-state index >= 15 is 0 Å². The molecule has 0 spiro atoms. The molecule has 2 N–H and O–H groups in total. The second kappa shape index (κ2) is 10.1. The Morgan fingerprint density at radius 2 is 2.21 bits per heavy atom. The molecule has 0 bridgehead atoms. The number of hydrogen-bond acceptors (Lipinski definition) is 5. The normalized spacial score (nSPS) is 22.4. The number of furan rings is 1. The van der Waals surface area contributed by atoms with E-state index in [2.05, 4.69) is 64.1 Å². The first-order valence-electron chi connectivity index (χ1n) is 9.98. The molecule has 28 heavy (non-hydrogen) atoms. The van der Waals surface area contributed by atoms with E-state index in [1.165, 1.54) is 24.3 Å². The van der Waals surface area contributed by atoms with Crippen LogP contribution in [0.4, 0.5) is 0 Å². The Morgan fingerprint density at radius 1 is 1.36 bits per heavy atom. The standard InChI is InChI=1S/C21H33N5OS/c1-22-21(24-15-17(25(2)3)18-9-6-12-27-18)23-14-16-8-5-11-26(4)20(16)19-10-7-13-28-19/h6-7,9-10,12-13,16-17,20H,5,8,11,14-15H2,1-4H3,(H2,22,23,24). The van der Waals surface area contributed by atoms with Crippen LogP contribution in [0.25, 0.3) is 0 Å². The van der Waals surface area contributed by atoms with Crippen molar-refractivity contribution in [3.05, 3.63) is 46.5 Å². The van der Waals surface area contributed by atoms with Gasteiger partial charge in [0, 0.05) is 31.1 Å². The Bertz CT molecular complexity index is 713. The predicted molar refractivity (Wildman–Crippen MR) is 117 cm³/mol. The Kier molecular flexibility index (Phi) is 7.53. The second-order valence-electron chi connectivity index (χ2n) is 7.67. The zero-order valence-corrected chi connectivity index (χ0v) is 18.2. The van der Waals surface area contributed by atoms with Crippen LogP contribution in [0.5, 0.6) is 0 Å². The number of likely N-dealkylation sites (tertiary alicyclic amines) is 1. The van der Waals surface area contributed by atoms with Gasteiger partial charge in [-0.2, -0.15) is 0 Å². The molecular weight excluding hydrogens is 370 g/mol. The molecule has 3 atom stereocenters. The Labute approximate surface area is 172 Å². The average molecular weight is 404 g/mol. The van der Waals surface area contributed by atoms with Gasteiger partial charge in [0.05, 0.1) is 12.3 Å². The van der Waals surface area contributed by atoms with Crippen molar-refractivity contribution in [3.63, 3.8) is 0 Å². The summed E-state index contributed by atoms with van der Waals surface area (Å²) < 4.78 is 5.60. The summed E-state index contributed by atoms with van der Waals surface area (Å²) in [5.74, 6) is 2.38. The van der Waals surface area contributed by atoms with Crippen molar-refractivity contribution >= 4 is 17.3 Å². The van der Waals surface area contributed by atoms with Gasteiger partial charge in [0.15, 0.2) is 5.96 Å². The second-order valence-corrected chi connectivity index (χ2v) is 8.65. The van der Waals surface area contributed by atoms with Gasteiger partial charge in [-0.3, -0.25) is 14.8 Å². The molecule has 0 aliphatic carbocycles. The number of likely N-dealkylation sites (N-methyl/N-ethyl adjacent to an activating group) is 1. The smallest absolute Gasteiger partial charge is 0.191 e. The summed E-state index contributed by atoms with van der Waals surface area (Å²) in [6.07, 6.45) is 4.21. The third kappa shape index (κ3) is 5.16. The zero-order valence-electron chi connectivity index (χ0n) is 17.4. The minimum Gasteiger partial charge on any atom is -0.468 e. The lowest BCUT2D eigenvalue weighted by Gasteiger charge is -2.39. The van der Waals surface area contributed by atoms with Gasteiger partial charge < -0.3 is 15.1 Å². The first-order valence-corrected chi connectivity index (χ1v) is 10.9. The molecule has 0 aromatic carbocycles. The average Bonchev–Trinajstić information content (AvgIpc) is 3.38. The number of piperidine rings is 1. The lowest BCUT2D eigenvalue weighted by molar-refractivity contribution is 0.125. The monoisotopic (exact) mass is 403 g/mol. The van der Waals surface area contributed by atoms with Crippen molar-refractivity contribution in [1.82, 2.24) is 20.4 Å². The summed E-state index contributed by atoms with van der Waals surface area (Å²) in [6.45, 7) is 2.82. The van der Waals surface area contributed by atoms with E-state index in [-0.39, 0.29) is 6.04 Å². The maximum absolute atomic E-state index is 5.60. The molecule has 0 radical (unpaired) electrons. The molecule has 1 saturated heterocycles. The van der Waals surface area contributed by atoms with Crippen molar-refractivity contribution in [3.8, 4) is 0 Å². The maximum Gasteiger partial charge on any atom is 0.191 e. The van der Waals surface area contributed by atoms with Crippen LogP contribution in [0.3, 0.4) is 0 Å². The van der Waals surface area contributed by atoms with Crippen LogP contribution in [0.2, 0.25) is 0 Å². The van der Waals surface area contributed by atoms with Crippen molar-refractivity contribution in [2.24, 2.45) is 10.9 Å². The lowest BCUT2D eigenvalue weighted by Crippen LogP contribution is -2.46. The molecule has 2 aromatic rings. The number of thiophene rings is 1. The van der Waals surface area contributed by atoms with E-state index in [0.717, 1.165) is 24.8 Å². The zero-order chi connectivity index (χ0) is 19.9. The van der Waals surface area contributed by atoms with Gasteiger partial charge in [0.1, 0.15) is 5.76 Å². The summed E-state index contributed by atoms with van der Waals surface area (Å²) in [5, 5.41) is 9.20. The fourth-order valence-electron chi connectivity index (χ4n) is 4.04. The summed E-state index contributed by atoms with van der Waals surface area (Å²) in [4.78, 5) is 10.5. The number of rotatable bonds is 7. The highest BCUT2D eigenvalue weighted by Gasteiger charge is 2.31. The number of hydrogen-bond donors (Lipinski definition) is 2. The van der Waals surface area contributed by atoms with Crippen LogP contribution in [0.1, 0.15) is 35.6 Å². The minimum atomic E-state index is 0.160. The molecule has 7 heteroatoms. The van der Waals surface area contributed by atoms with Crippen molar-refractivity contribution < 1.29 is 4.42 Å². The molecule has 2 aromatic heterocycles. The van der Waals surface area contributed by atoms with Crippen LogP contribution in [0.15, 0.2) is 45.3 Å². The molecular formula is C21H33N5OS. The summed E-state index contributed by atoms with van der Waals surface area (Å²) in [6, 6.07) is 9.02. The van der Waals surface area contributed by atoms with Gasteiger partial charge in [-0.15, -0.1) is 11.3 Å². The molecule has 3 rings (SSSR count). The topological polar surface area (TPSA) is 56.0 Å². The Morgan fingerprint density at radius 3 is 2.86 bits per heavy atom. The molecule has 1 fully saturated rings. The highest BCUT2D eigenvalue weighted by atomic mass is 32.1. The van der Waals surface area contributed by atoms with Crippen molar-refractivity contribution in [2.45, 2.75) is 24.9 Å². The van der Waals surface area contributed by atoms with Crippen molar-refractivity contribution in [1.29, 1.82) is 0 Å². The van der Waals surface area contributed by atoms with E-state index in [9.17, 15) is 0 Å². The first kappa shape index (κ1) is 20.9. The summed E-state index contributed by atoms with van der Waals surface area (Å²) in [5.41, 5.74) is 0. The molecule has 1 aliphatic heterocycles. The molecule has 0 amide bonds. The quantitative estimate of drug-likeness (QED) is 0.549. The first-order chi connectivity index (χ1) is 13.6. The Hall–Kier alpha value is -1.83. The van der Waals surface area contributed by atoms with Gasteiger partial charge in [-0.05, 0) is 70.0 Å². The van der Waals surface area contributed by atoms with E-state index in [0.29, 0.717) is 12.0 Å². The van der Waals surface area contributed by atoms with Gasteiger partial charge in [0.25, 0.3) is 0 Å². The third-order valence-corrected chi connectivity index (χ3v) is 6.50. The largest absolute Gasteiger partial charge is 0.468 e. The van der Waals surface area contributed by atoms with Gasteiger partial charge >= 0.3 is 0 Å². The molecule has 3 unspecified atom stereocenters. The molecule has 154 valence electrons. The molecule has 1 aliphatic rings. The van der Waals surface area contributed by atoms with Gasteiger partial charge in [-0.25, -0.2) is 0 Å². The Balaban J connectivity index is 1.57. The SMILES string of the molecule is CN=C(NCC1CCCN(C)C1c1cccs1)NCC(c1ccco1)N(C)C. The van der Waals surface area contributed by atoms with E-state index in [4.69, 9.17) is 4.42 Å². The summed E-state index contributed by atoms with van der Waals surface area (Å²) in [7, 11) is 8.20. The van der Waals surface area contributed by atoms with Crippen LogP contribution in [0, 0.1) is 5.92 Å². The van der Waals surface area contributed by atoms with E-state index in [1.54, 1.807) is 6.26 Å². The van der Waals surface area contributed by atoms with Crippen LogP contribution >= 0.6 is 11.3 Å². The molecule has 3 heterocycles. The van der Waals surface area contributed by atoms with Crippen LogP contribution in [-0.2, 0) is 0 Å². The fraction of sp³-hybridized carbons (Fsp3) is 0.571. The van der Waals surface area contributed by atoms with Gasteiger partial charge in [0.2, 0.25) is 0 Å². The van der Waals surface area contributed by atoms with Gasteiger partial charge in [-0.1, -0.05) is 6.07 Å². The highest BCUT2D eigenvalue weighted by molar-refractivity contribution is 7.10. The van der Waals surface area contributed by atoms with Crippen LogP contribution in [-0.4, -0.2) is 63.6 Å². The maximum atomic E-state index is 5.60. The molecule has 6 nitrogen and oxygen atoms in total. The minimum absolute atomic E-state index is 0.160. The highest BCUT2D eigenvalue weighted by Crippen LogP contribution is 2.36. The number of guanidine groups is 1. The molecule has 0 saturated carbocycles. The third-order valence-electron chi connectivity index (χ3n) is 5.55. The fourth-order valence-corrected chi connectivity index (χ4v) is 5.03. The van der Waals surface area contributed by atoms with E-state index in [1.807, 2.05) is 30.5 Å².